The molecule has 2 aromatic rings. The van der Waals surface area contributed by atoms with Crippen molar-refractivity contribution in [3.05, 3.63) is 35.1 Å². The number of anilines is 1. The Balaban J connectivity index is 2.22. The highest BCUT2D eigenvalue weighted by Crippen LogP contribution is 2.33. The second kappa shape index (κ2) is 6.20. The Kier molecular flexibility index (Phi) is 4.12. The Bertz CT molecular complexity index is 702. The van der Waals surface area contributed by atoms with Gasteiger partial charge in [-0.15, -0.1) is 0 Å². The lowest BCUT2D eigenvalue weighted by atomic mass is 9.87. The third kappa shape index (κ3) is 2.46. The minimum atomic E-state index is 0.0440. The van der Waals surface area contributed by atoms with E-state index in [0.717, 1.165) is 48.5 Å². The van der Waals surface area contributed by atoms with Gasteiger partial charge in [-0.3, -0.25) is 4.90 Å². The first kappa shape index (κ1) is 14.6. The topological polar surface area (TPSA) is 74.5 Å². The molecule has 0 fully saturated rings. The van der Waals surface area contributed by atoms with Crippen molar-refractivity contribution in [1.82, 2.24) is 0 Å². The molecule has 0 amide bonds. The van der Waals surface area contributed by atoms with E-state index in [2.05, 4.69) is 11.1 Å². The van der Waals surface area contributed by atoms with Gasteiger partial charge in [0, 0.05) is 5.56 Å². The van der Waals surface area contributed by atoms with Crippen LogP contribution in [0.3, 0.4) is 0 Å². The molecular weight excluding hydrogens is 278 g/mol. The lowest BCUT2D eigenvalue weighted by Crippen LogP contribution is -2.32. The number of furan rings is 1. The highest BCUT2D eigenvalue weighted by molar-refractivity contribution is 5.65. The molecule has 5 heteroatoms. The molecule has 2 heterocycles. The van der Waals surface area contributed by atoms with Crippen LogP contribution in [0.1, 0.15) is 29.5 Å². The van der Waals surface area contributed by atoms with E-state index in [9.17, 15) is 10.4 Å². The fourth-order valence-corrected chi connectivity index (χ4v) is 3.16. The number of H-pyrrole nitrogens is 1. The zero-order valence-electron chi connectivity index (χ0n) is 12.7. The van der Waals surface area contributed by atoms with Gasteiger partial charge in [0.15, 0.2) is 11.5 Å². The Morgan fingerprint density at radius 2 is 2.14 bits per heavy atom. The number of likely N-dealkylation sites (N-methyl/N-ethyl adjacent to an activating group) is 1. The van der Waals surface area contributed by atoms with Gasteiger partial charge in [0.25, 0.3) is 5.82 Å². The molecule has 0 spiro atoms. The molecular formula is C17H20N3O2+. The maximum Gasteiger partial charge on any atom is 0.293 e. The molecule has 2 aromatic heterocycles. The van der Waals surface area contributed by atoms with Crippen LogP contribution in [0.5, 0.6) is 0 Å². The number of nitrogens with zero attached hydrogens (tertiary/aromatic N) is 2. The Hall–Kier alpha value is -2.32. The summed E-state index contributed by atoms with van der Waals surface area (Å²) >= 11 is 0. The van der Waals surface area contributed by atoms with E-state index in [0.29, 0.717) is 12.1 Å². The maximum atomic E-state index is 9.63. The molecule has 5 nitrogen and oxygen atoms in total. The van der Waals surface area contributed by atoms with Crippen LogP contribution in [0.4, 0.5) is 5.82 Å². The van der Waals surface area contributed by atoms with Crippen LogP contribution in [-0.4, -0.2) is 25.3 Å². The van der Waals surface area contributed by atoms with Gasteiger partial charge in [-0.2, -0.15) is 5.26 Å². The van der Waals surface area contributed by atoms with Crippen LogP contribution >= 0.6 is 0 Å². The van der Waals surface area contributed by atoms with Crippen LogP contribution in [0.25, 0.3) is 11.5 Å². The monoisotopic (exact) mass is 298 g/mol. The lowest BCUT2D eigenvalue weighted by Gasteiger charge is -2.21. The third-order valence-corrected chi connectivity index (χ3v) is 4.25. The van der Waals surface area contributed by atoms with Gasteiger partial charge in [0.05, 0.1) is 19.9 Å². The first-order valence-corrected chi connectivity index (χ1v) is 7.63. The first-order chi connectivity index (χ1) is 10.8. The van der Waals surface area contributed by atoms with E-state index >= 15 is 0 Å². The predicted molar refractivity (Wildman–Crippen MR) is 82.4 cm³/mol. The number of nitrogens with one attached hydrogen (secondary N) is 1. The molecule has 0 aliphatic heterocycles. The Labute approximate surface area is 129 Å². The molecule has 0 aromatic carbocycles. The minimum Gasteiger partial charge on any atom is -0.461 e. The van der Waals surface area contributed by atoms with Crippen molar-refractivity contribution in [2.75, 3.05) is 25.1 Å². The van der Waals surface area contributed by atoms with E-state index in [1.165, 1.54) is 5.56 Å². The fourth-order valence-electron chi connectivity index (χ4n) is 3.16. The molecule has 0 saturated heterocycles. The molecule has 0 atom stereocenters. The van der Waals surface area contributed by atoms with Crippen molar-refractivity contribution < 1.29 is 14.5 Å². The third-order valence-electron chi connectivity index (χ3n) is 4.25. The molecule has 22 heavy (non-hydrogen) atoms. The molecule has 1 aliphatic carbocycles. The van der Waals surface area contributed by atoms with E-state index in [1.54, 1.807) is 6.26 Å². The zero-order chi connectivity index (χ0) is 15.5. The second-order valence-corrected chi connectivity index (χ2v) is 5.62. The summed E-state index contributed by atoms with van der Waals surface area (Å²) in [6.07, 6.45) is 5.77. The number of rotatable bonds is 4. The van der Waals surface area contributed by atoms with Crippen LogP contribution in [-0.2, 0) is 12.8 Å². The maximum absolute atomic E-state index is 9.63. The van der Waals surface area contributed by atoms with Crippen LogP contribution < -0.4 is 9.88 Å². The average Bonchev–Trinajstić information content (AvgIpc) is 3.07. The molecule has 2 N–H and O–H groups in total. The number of hydrogen-bond acceptors (Lipinski definition) is 4. The summed E-state index contributed by atoms with van der Waals surface area (Å²) in [5, 5.41) is 18.8. The molecule has 114 valence electrons. The molecule has 0 unspecified atom stereocenters. The number of nitriles is 1. The summed E-state index contributed by atoms with van der Waals surface area (Å²) in [5.74, 6) is 1.55. The number of aromatic nitrogens is 1. The number of hydrogen-bond donors (Lipinski definition) is 1. The first-order valence-electron chi connectivity index (χ1n) is 7.63. The van der Waals surface area contributed by atoms with Gasteiger partial charge in [0.1, 0.15) is 18.2 Å². The van der Waals surface area contributed by atoms with Gasteiger partial charge in [-0.25, -0.2) is 4.98 Å². The smallest absolute Gasteiger partial charge is 0.293 e. The summed E-state index contributed by atoms with van der Waals surface area (Å²) < 4.78 is 5.57. The van der Waals surface area contributed by atoms with E-state index in [-0.39, 0.29) is 6.61 Å². The number of aliphatic hydroxyl groups is 1. The Morgan fingerprint density at radius 1 is 1.36 bits per heavy atom. The standard InChI is InChI=1S/C17H19N3O2/c1-20(8-9-21)17-14(11-18)12-5-2-3-6-13(12)16(19-17)15-7-4-10-22-15/h4,7,10,21H,2-3,5-6,8-9H2,1H3/p+1. The summed E-state index contributed by atoms with van der Waals surface area (Å²) in [4.78, 5) is 5.27. The summed E-state index contributed by atoms with van der Waals surface area (Å²) in [7, 11) is 1.88. The van der Waals surface area contributed by atoms with Crippen molar-refractivity contribution >= 4 is 5.82 Å². The van der Waals surface area contributed by atoms with Crippen LogP contribution in [0, 0.1) is 11.3 Å². The normalized spacial score (nSPS) is 13.5. The highest BCUT2D eigenvalue weighted by Gasteiger charge is 2.29. The molecule has 0 radical (unpaired) electrons. The Morgan fingerprint density at radius 3 is 2.77 bits per heavy atom. The zero-order valence-corrected chi connectivity index (χ0v) is 12.7. The predicted octanol–water partition coefficient (Wildman–Crippen LogP) is 1.94. The molecule has 0 saturated carbocycles. The van der Waals surface area contributed by atoms with Crippen molar-refractivity contribution in [3.63, 3.8) is 0 Å². The number of aromatic amines is 1. The van der Waals surface area contributed by atoms with Crippen molar-refractivity contribution in [2.24, 2.45) is 0 Å². The SMILES string of the molecule is CN(CCO)c1[nH+]c(-c2ccco2)c2c(c1C#N)CCCC2. The number of pyridine rings is 1. The van der Waals surface area contributed by atoms with E-state index < -0.39 is 0 Å². The van der Waals surface area contributed by atoms with Gasteiger partial charge >= 0.3 is 0 Å². The van der Waals surface area contributed by atoms with Gasteiger partial charge in [0.2, 0.25) is 0 Å². The summed E-state index contributed by atoms with van der Waals surface area (Å²) in [6, 6.07) is 6.15. The van der Waals surface area contributed by atoms with Crippen molar-refractivity contribution in [1.29, 1.82) is 5.26 Å². The fraction of sp³-hybridized carbons (Fsp3) is 0.412. The second-order valence-electron chi connectivity index (χ2n) is 5.62. The summed E-state index contributed by atoms with van der Waals surface area (Å²) in [6.45, 7) is 0.518. The van der Waals surface area contributed by atoms with Crippen LogP contribution in [0.15, 0.2) is 22.8 Å². The largest absolute Gasteiger partial charge is 0.461 e. The van der Waals surface area contributed by atoms with E-state index in [4.69, 9.17) is 4.42 Å². The number of fused-ring (bicyclic) bond motifs is 1. The van der Waals surface area contributed by atoms with Crippen molar-refractivity contribution in [3.8, 4) is 17.5 Å². The summed E-state index contributed by atoms with van der Waals surface area (Å²) in [5.41, 5.74) is 3.97. The van der Waals surface area contributed by atoms with Gasteiger partial charge in [-0.1, -0.05) is 0 Å². The molecule has 3 rings (SSSR count). The minimum absolute atomic E-state index is 0.0440. The lowest BCUT2D eigenvalue weighted by molar-refractivity contribution is -0.352. The quantitative estimate of drug-likeness (QED) is 0.936. The highest BCUT2D eigenvalue weighted by atomic mass is 16.3. The van der Waals surface area contributed by atoms with Crippen LogP contribution in [0.2, 0.25) is 0 Å². The molecule has 0 bridgehead atoms. The van der Waals surface area contributed by atoms with Gasteiger partial charge < -0.3 is 9.52 Å². The van der Waals surface area contributed by atoms with Gasteiger partial charge in [-0.05, 0) is 43.4 Å². The average molecular weight is 298 g/mol. The van der Waals surface area contributed by atoms with E-state index in [1.807, 2.05) is 24.1 Å². The van der Waals surface area contributed by atoms with Crippen molar-refractivity contribution in [2.45, 2.75) is 25.7 Å². The number of aliphatic hydroxyl groups excluding tert-OH is 1. The molecule has 1 aliphatic rings.